The van der Waals surface area contributed by atoms with Crippen LogP contribution in [0.3, 0.4) is 0 Å². The van der Waals surface area contributed by atoms with E-state index in [4.69, 9.17) is 0 Å². The second kappa shape index (κ2) is 9.23. The third kappa shape index (κ3) is 3.92. The number of ketones is 1. The molecule has 0 unspecified atom stereocenters. The van der Waals surface area contributed by atoms with Crippen molar-refractivity contribution < 1.29 is 9.59 Å². The van der Waals surface area contributed by atoms with Gasteiger partial charge >= 0.3 is 0 Å². The normalized spacial score (nSPS) is 11.7. The highest BCUT2D eigenvalue weighted by atomic mass is 16.1. The summed E-state index contributed by atoms with van der Waals surface area (Å²) in [7, 11) is 0. The molecule has 184 valence electrons. The van der Waals surface area contributed by atoms with Crippen LogP contribution in [0.5, 0.6) is 0 Å². The lowest BCUT2D eigenvalue weighted by molar-refractivity contribution is 0.103. The van der Waals surface area contributed by atoms with E-state index in [1.165, 1.54) is 21.8 Å². The molecule has 0 aliphatic rings. The van der Waals surface area contributed by atoms with Crippen LogP contribution in [-0.2, 0) is 0 Å². The Morgan fingerprint density at radius 3 is 1.90 bits per heavy atom. The first kappa shape index (κ1) is 22.9. The lowest BCUT2D eigenvalue weighted by Crippen LogP contribution is -2.00. The van der Waals surface area contributed by atoms with E-state index in [2.05, 4.69) is 83.4 Å². The van der Waals surface area contributed by atoms with Crippen molar-refractivity contribution in [3.8, 4) is 5.69 Å². The van der Waals surface area contributed by atoms with Gasteiger partial charge in [0.1, 0.15) is 0 Å². The number of fused-ring (bicyclic) bond motifs is 5. The highest BCUT2D eigenvalue weighted by Gasteiger charge is 2.12. The molecule has 0 saturated carbocycles. The van der Waals surface area contributed by atoms with Crippen molar-refractivity contribution in [2.45, 2.75) is 0 Å². The molecule has 7 aromatic rings. The van der Waals surface area contributed by atoms with Crippen LogP contribution in [0.25, 0.3) is 55.1 Å². The SMILES string of the molecule is O=Cc1cc2ccccc2cc1C(=O)C=Cc1ccc2cc(-n3c4ccccc4c4ccccc43)ccc2c1. The summed E-state index contributed by atoms with van der Waals surface area (Å²) >= 11 is 0. The molecule has 0 amide bonds. The molecule has 0 N–H and O–H groups in total. The molecule has 0 bridgehead atoms. The van der Waals surface area contributed by atoms with E-state index in [0.717, 1.165) is 39.1 Å². The van der Waals surface area contributed by atoms with E-state index in [1.807, 2.05) is 36.4 Å². The minimum atomic E-state index is -0.190. The summed E-state index contributed by atoms with van der Waals surface area (Å²) in [6, 6.07) is 40.9. The van der Waals surface area contributed by atoms with E-state index >= 15 is 0 Å². The van der Waals surface area contributed by atoms with Gasteiger partial charge in [0, 0.05) is 27.6 Å². The van der Waals surface area contributed by atoms with Gasteiger partial charge in [0.05, 0.1) is 11.0 Å². The molecule has 0 radical (unpaired) electrons. The van der Waals surface area contributed by atoms with E-state index in [-0.39, 0.29) is 5.78 Å². The van der Waals surface area contributed by atoms with Crippen LogP contribution in [0.4, 0.5) is 0 Å². The van der Waals surface area contributed by atoms with Crippen LogP contribution in [0.2, 0.25) is 0 Å². The molecule has 6 aromatic carbocycles. The smallest absolute Gasteiger partial charge is 0.186 e. The van der Waals surface area contributed by atoms with Crippen molar-refractivity contribution in [1.82, 2.24) is 4.57 Å². The lowest BCUT2D eigenvalue weighted by atomic mass is 9.98. The lowest BCUT2D eigenvalue weighted by Gasteiger charge is -2.10. The number of nitrogens with zero attached hydrogens (tertiary/aromatic N) is 1. The molecule has 0 aliphatic heterocycles. The van der Waals surface area contributed by atoms with E-state index < -0.39 is 0 Å². The molecule has 7 rings (SSSR count). The molecule has 1 heterocycles. The zero-order valence-corrected chi connectivity index (χ0v) is 21.0. The predicted octanol–water partition coefficient (Wildman–Crippen LogP) is 8.80. The third-order valence-corrected chi connectivity index (χ3v) is 7.42. The third-order valence-electron chi connectivity index (χ3n) is 7.42. The van der Waals surface area contributed by atoms with Gasteiger partial charge in [-0.25, -0.2) is 0 Å². The van der Waals surface area contributed by atoms with Gasteiger partial charge in [0.15, 0.2) is 12.1 Å². The Labute approximate surface area is 225 Å². The molecule has 39 heavy (non-hydrogen) atoms. The zero-order chi connectivity index (χ0) is 26.3. The predicted molar refractivity (Wildman–Crippen MR) is 161 cm³/mol. The Morgan fingerprint density at radius 1 is 0.590 bits per heavy atom. The maximum atomic E-state index is 13.0. The van der Waals surface area contributed by atoms with Gasteiger partial charge in [-0.05, 0) is 75.6 Å². The van der Waals surface area contributed by atoms with Crippen LogP contribution in [0, 0.1) is 0 Å². The molecule has 0 atom stereocenters. The zero-order valence-electron chi connectivity index (χ0n) is 21.0. The molecule has 0 saturated heterocycles. The summed E-state index contributed by atoms with van der Waals surface area (Å²) in [6.45, 7) is 0. The second-order valence-corrected chi connectivity index (χ2v) is 9.76. The number of aldehydes is 1. The van der Waals surface area contributed by atoms with E-state index in [9.17, 15) is 9.59 Å². The van der Waals surface area contributed by atoms with Crippen LogP contribution in [0.1, 0.15) is 26.3 Å². The number of rotatable bonds is 5. The minimum Gasteiger partial charge on any atom is -0.309 e. The van der Waals surface area contributed by atoms with Crippen LogP contribution < -0.4 is 0 Å². The van der Waals surface area contributed by atoms with E-state index in [0.29, 0.717) is 11.1 Å². The maximum Gasteiger partial charge on any atom is 0.186 e. The first-order valence-corrected chi connectivity index (χ1v) is 12.9. The number of para-hydroxylation sites is 2. The number of benzene rings is 6. The van der Waals surface area contributed by atoms with Crippen molar-refractivity contribution in [3.63, 3.8) is 0 Å². The average molecular weight is 502 g/mol. The molecular formula is C36H23NO2. The molecule has 3 nitrogen and oxygen atoms in total. The van der Waals surface area contributed by atoms with Gasteiger partial charge in [-0.3, -0.25) is 9.59 Å². The summed E-state index contributed by atoms with van der Waals surface area (Å²) in [4.78, 5) is 24.7. The molecule has 1 aromatic heterocycles. The van der Waals surface area contributed by atoms with E-state index in [1.54, 1.807) is 18.2 Å². The van der Waals surface area contributed by atoms with Crippen molar-refractivity contribution >= 4 is 61.5 Å². The summed E-state index contributed by atoms with van der Waals surface area (Å²) in [5.41, 5.74) is 5.21. The largest absolute Gasteiger partial charge is 0.309 e. The molecule has 0 fully saturated rings. The van der Waals surface area contributed by atoms with Crippen LogP contribution >= 0.6 is 0 Å². The first-order valence-electron chi connectivity index (χ1n) is 12.9. The minimum absolute atomic E-state index is 0.190. The fraction of sp³-hybridized carbons (Fsp3) is 0. The Morgan fingerprint density at radius 2 is 1.18 bits per heavy atom. The number of carbonyl (C=O) groups is 2. The summed E-state index contributed by atoms with van der Waals surface area (Å²) < 4.78 is 2.31. The van der Waals surface area contributed by atoms with Crippen molar-refractivity contribution in [2.24, 2.45) is 0 Å². The van der Waals surface area contributed by atoms with Crippen LogP contribution in [-0.4, -0.2) is 16.6 Å². The van der Waals surface area contributed by atoms with Gasteiger partial charge in [-0.1, -0.05) is 84.9 Å². The number of hydrogen-bond donors (Lipinski definition) is 0. The highest BCUT2D eigenvalue weighted by molar-refractivity contribution is 6.13. The fourth-order valence-electron chi connectivity index (χ4n) is 5.53. The Kier molecular flexibility index (Phi) is 5.42. The number of carbonyl (C=O) groups excluding carboxylic acids is 2. The topological polar surface area (TPSA) is 39.1 Å². The fourth-order valence-corrected chi connectivity index (χ4v) is 5.53. The van der Waals surface area contributed by atoms with Gasteiger partial charge in [-0.2, -0.15) is 0 Å². The second-order valence-electron chi connectivity index (χ2n) is 9.76. The van der Waals surface area contributed by atoms with Gasteiger partial charge in [-0.15, -0.1) is 0 Å². The number of aromatic nitrogens is 1. The number of allylic oxidation sites excluding steroid dienone is 1. The highest BCUT2D eigenvalue weighted by Crippen LogP contribution is 2.33. The molecule has 0 spiro atoms. The first-order chi connectivity index (χ1) is 19.2. The van der Waals surface area contributed by atoms with Crippen molar-refractivity contribution in [3.05, 3.63) is 144 Å². The Bertz CT molecular complexity index is 2060. The number of hydrogen-bond acceptors (Lipinski definition) is 2. The van der Waals surface area contributed by atoms with Gasteiger partial charge in [0.25, 0.3) is 0 Å². The van der Waals surface area contributed by atoms with Gasteiger partial charge in [0.2, 0.25) is 0 Å². The quantitative estimate of drug-likeness (QED) is 0.134. The molecular weight excluding hydrogens is 478 g/mol. The maximum absolute atomic E-state index is 13.0. The van der Waals surface area contributed by atoms with Gasteiger partial charge < -0.3 is 4.57 Å². The molecule has 3 heteroatoms. The Balaban J connectivity index is 1.24. The Hall–Kier alpha value is -5.28. The summed E-state index contributed by atoms with van der Waals surface area (Å²) in [5.74, 6) is -0.190. The monoisotopic (exact) mass is 501 g/mol. The molecule has 0 aliphatic carbocycles. The van der Waals surface area contributed by atoms with Crippen molar-refractivity contribution in [1.29, 1.82) is 0 Å². The van der Waals surface area contributed by atoms with Crippen LogP contribution in [0.15, 0.2) is 127 Å². The average Bonchev–Trinajstić information content (AvgIpc) is 3.33. The summed E-state index contributed by atoms with van der Waals surface area (Å²) in [6.07, 6.45) is 4.11. The standard InChI is InChI=1S/C36H23NO2/c38-23-29-20-25-7-1-2-8-26(25)22-33(29)36(39)18-14-24-13-15-28-21-30(17-16-27(28)19-24)37-34-11-5-3-9-31(34)32-10-4-6-12-35(32)37/h1-23H. The summed E-state index contributed by atoms with van der Waals surface area (Å²) in [5, 5.41) is 6.56. The van der Waals surface area contributed by atoms with Crippen molar-refractivity contribution in [2.75, 3.05) is 0 Å².